The van der Waals surface area contributed by atoms with Crippen molar-refractivity contribution < 1.29 is 0 Å². The molecular formula is C16H24N4. The lowest BCUT2D eigenvalue weighted by Gasteiger charge is -2.36. The quantitative estimate of drug-likeness (QED) is 0.894. The Morgan fingerprint density at radius 1 is 1.40 bits per heavy atom. The van der Waals surface area contributed by atoms with Crippen molar-refractivity contribution in [3.63, 3.8) is 0 Å². The number of rotatable bonds is 5. The number of nitriles is 1. The molecule has 0 amide bonds. The summed E-state index contributed by atoms with van der Waals surface area (Å²) in [6.07, 6.45) is 7.53. The van der Waals surface area contributed by atoms with Crippen molar-refractivity contribution in [1.82, 2.24) is 9.88 Å². The lowest BCUT2D eigenvalue weighted by molar-refractivity contribution is 0.142. The fraction of sp³-hybridized carbons (Fsp3) is 0.625. The third-order valence-electron chi connectivity index (χ3n) is 4.09. The van der Waals surface area contributed by atoms with Crippen molar-refractivity contribution in [2.24, 2.45) is 5.73 Å². The molecule has 20 heavy (non-hydrogen) atoms. The molecule has 2 N–H and O–H groups in total. The molecule has 4 heteroatoms. The molecule has 0 spiro atoms. The number of nitrogens with zero attached hydrogens (tertiary/aromatic N) is 3. The first-order valence-electron chi connectivity index (χ1n) is 7.57. The maximum Gasteiger partial charge on any atom is 0.140 e. The van der Waals surface area contributed by atoms with Crippen LogP contribution in [0.5, 0.6) is 0 Å². The summed E-state index contributed by atoms with van der Waals surface area (Å²) in [5.74, 6) is 0. The van der Waals surface area contributed by atoms with Crippen LogP contribution < -0.4 is 5.73 Å². The van der Waals surface area contributed by atoms with E-state index in [1.807, 2.05) is 12.1 Å². The minimum absolute atomic E-state index is 0.390. The highest BCUT2D eigenvalue weighted by molar-refractivity contribution is 5.25. The highest BCUT2D eigenvalue weighted by atomic mass is 15.2. The smallest absolute Gasteiger partial charge is 0.140 e. The van der Waals surface area contributed by atoms with Crippen molar-refractivity contribution in [3.05, 3.63) is 29.6 Å². The Kier molecular flexibility index (Phi) is 5.51. The van der Waals surface area contributed by atoms with Crippen molar-refractivity contribution in [2.75, 3.05) is 6.54 Å². The Hall–Kier alpha value is -1.44. The Balaban J connectivity index is 2.03. The highest BCUT2D eigenvalue weighted by Gasteiger charge is 2.23. The molecule has 2 rings (SSSR count). The van der Waals surface area contributed by atoms with E-state index in [0.717, 1.165) is 32.4 Å². The van der Waals surface area contributed by atoms with Crippen LogP contribution in [0.2, 0.25) is 0 Å². The molecule has 1 aliphatic rings. The normalized spacial score (nSPS) is 22.7. The second-order valence-electron chi connectivity index (χ2n) is 5.70. The Labute approximate surface area is 121 Å². The minimum Gasteiger partial charge on any atom is -0.328 e. The molecule has 108 valence electrons. The average Bonchev–Trinajstić information content (AvgIpc) is 2.48. The third-order valence-corrected chi connectivity index (χ3v) is 4.09. The monoisotopic (exact) mass is 272 g/mol. The minimum atomic E-state index is 0.390. The number of hydrogen-bond acceptors (Lipinski definition) is 4. The molecule has 1 heterocycles. The summed E-state index contributed by atoms with van der Waals surface area (Å²) in [5, 5.41) is 8.94. The molecule has 0 aromatic carbocycles. The summed E-state index contributed by atoms with van der Waals surface area (Å²) in [5.41, 5.74) is 7.68. The molecule has 1 aromatic heterocycles. The summed E-state index contributed by atoms with van der Waals surface area (Å²) in [6.45, 7) is 4.23. The van der Waals surface area contributed by atoms with Gasteiger partial charge in [-0.15, -0.1) is 0 Å². The number of pyridine rings is 1. The molecule has 1 fully saturated rings. The third kappa shape index (κ3) is 4.03. The van der Waals surface area contributed by atoms with Gasteiger partial charge in [-0.3, -0.25) is 4.90 Å². The van der Waals surface area contributed by atoms with Crippen LogP contribution in [0.1, 0.15) is 50.3 Å². The second kappa shape index (κ2) is 7.37. The summed E-state index contributed by atoms with van der Waals surface area (Å²) >= 11 is 0. The first kappa shape index (κ1) is 15.0. The predicted octanol–water partition coefficient (Wildman–Crippen LogP) is 2.44. The topological polar surface area (TPSA) is 65.9 Å². The molecule has 0 unspecified atom stereocenters. The van der Waals surface area contributed by atoms with E-state index in [1.54, 1.807) is 6.20 Å². The lowest BCUT2D eigenvalue weighted by atomic mass is 9.90. The van der Waals surface area contributed by atoms with Crippen LogP contribution >= 0.6 is 0 Å². The van der Waals surface area contributed by atoms with Gasteiger partial charge in [-0.2, -0.15) is 5.26 Å². The van der Waals surface area contributed by atoms with Crippen molar-refractivity contribution in [3.8, 4) is 6.07 Å². The van der Waals surface area contributed by atoms with Gasteiger partial charge in [-0.05, 0) is 56.3 Å². The lowest BCUT2D eigenvalue weighted by Crippen LogP contribution is -2.40. The van der Waals surface area contributed by atoms with Gasteiger partial charge in [-0.1, -0.05) is 6.92 Å². The summed E-state index contributed by atoms with van der Waals surface area (Å²) < 4.78 is 0. The van der Waals surface area contributed by atoms with Crippen LogP contribution in [-0.2, 0) is 6.54 Å². The van der Waals surface area contributed by atoms with Crippen LogP contribution in [0.25, 0.3) is 0 Å². The van der Waals surface area contributed by atoms with Gasteiger partial charge < -0.3 is 5.73 Å². The fourth-order valence-corrected chi connectivity index (χ4v) is 3.01. The molecule has 1 aliphatic carbocycles. The van der Waals surface area contributed by atoms with Gasteiger partial charge in [0, 0.05) is 24.8 Å². The van der Waals surface area contributed by atoms with E-state index in [-0.39, 0.29) is 0 Å². The molecule has 0 atom stereocenters. The zero-order valence-electron chi connectivity index (χ0n) is 12.3. The van der Waals surface area contributed by atoms with Gasteiger partial charge >= 0.3 is 0 Å². The molecule has 1 aromatic rings. The average molecular weight is 272 g/mol. The van der Waals surface area contributed by atoms with Gasteiger partial charge in [0.15, 0.2) is 0 Å². The SMILES string of the molecule is CCCN(Cc1ccnc(C#N)c1)C1CCC(N)CC1. The van der Waals surface area contributed by atoms with Crippen molar-refractivity contribution in [2.45, 2.75) is 57.7 Å². The van der Waals surface area contributed by atoms with E-state index in [9.17, 15) is 0 Å². The predicted molar refractivity (Wildman–Crippen MR) is 79.9 cm³/mol. The number of hydrogen-bond donors (Lipinski definition) is 1. The van der Waals surface area contributed by atoms with Crippen molar-refractivity contribution >= 4 is 0 Å². The molecule has 0 radical (unpaired) electrons. The molecule has 0 saturated heterocycles. The summed E-state index contributed by atoms with van der Waals surface area (Å²) in [7, 11) is 0. The van der Waals surface area contributed by atoms with Crippen LogP contribution in [0.15, 0.2) is 18.3 Å². The first-order valence-corrected chi connectivity index (χ1v) is 7.57. The zero-order valence-corrected chi connectivity index (χ0v) is 12.3. The summed E-state index contributed by atoms with van der Waals surface area (Å²) in [6, 6.07) is 7.05. The van der Waals surface area contributed by atoms with E-state index in [0.29, 0.717) is 17.8 Å². The largest absolute Gasteiger partial charge is 0.328 e. The molecule has 1 saturated carbocycles. The van der Waals surface area contributed by atoms with Crippen molar-refractivity contribution in [1.29, 1.82) is 5.26 Å². The van der Waals surface area contributed by atoms with Gasteiger partial charge in [-0.25, -0.2) is 4.98 Å². The molecular weight excluding hydrogens is 248 g/mol. The fourth-order valence-electron chi connectivity index (χ4n) is 3.01. The summed E-state index contributed by atoms with van der Waals surface area (Å²) in [4.78, 5) is 6.58. The van der Waals surface area contributed by atoms with Crippen LogP contribution in [0.4, 0.5) is 0 Å². The van der Waals surface area contributed by atoms with Gasteiger partial charge in [0.1, 0.15) is 11.8 Å². The van der Waals surface area contributed by atoms with Crippen LogP contribution in [0.3, 0.4) is 0 Å². The van der Waals surface area contributed by atoms with E-state index in [2.05, 4.69) is 22.9 Å². The highest BCUT2D eigenvalue weighted by Crippen LogP contribution is 2.24. The maximum absolute atomic E-state index is 8.94. The van der Waals surface area contributed by atoms with E-state index < -0.39 is 0 Å². The number of aromatic nitrogens is 1. The van der Waals surface area contributed by atoms with Crippen LogP contribution in [0, 0.1) is 11.3 Å². The van der Waals surface area contributed by atoms with E-state index >= 15 is 0 Å². The van der Waals surface area contributed by atoms with Gasteiger partial charge in [0.2, 0.25) is 0 Å². The standard InChI is InChI=1S/C16H24N4/c1-2-9-20(16-5-3-14(18)4-6-16)12-13-7-8-19-15(10-13)11-17/h7-8,10,14,16H,2-6,9,12,18H2,1H3. The maximum atomic E-state index is 8.94. The second-order valence-corrected chi connectivity index (χ2v) is 5.70. The Morgan fingerprint density at radius 3 is 2.80 bits per heavy atom. The molecule has 4 nitrogen and oxygen atoms in total. The van der Waals surface area contributed by atoms with E-state index in [4.69, 9.17) is 11.0 Å². The number of nitrogens with two attached hydrogens (primary N) is 1. The van der Waals surface area contributed by atoms with Gasteiger partial charge in [0.25, 0.3) is 0 Å². The zero-order chi connectivity index (χ0) is 14.4. The van der Waals surface area contributed by atoms with Gasteiger partial charge in [0.05, 0.1) is 0 Å². The Morgan fingerprint density at radius 2 is 2.15 bits per heavy atom. The Bertz CT molecular complexity index is 458. The van der Waals surface area contributed by atoms with Crippen LogP contribution in [-0.4, -0.2) is 28.5 Å². The molecule has 0 bridgehead atoms. The van der Waals surface area contributed by atoms with E-state index in [1.165, 1.54) is 18.4 Å². The molecule has 0 aliphatic heterocycles. The first-order chi connectivity index (χ1) is 9.72.